The first-order valence-corrected chi connectivity index (χ1v) is 13.8. The highest BCUT2D eigenvalue weighted by Gasteiger charge is 2.24. The molecule has 2 N–H and O–H groups in total. The van der Waals surface area contributed by atoms with Crippen molar-refractivity contribution in [2.45, 2.75) is 64.6 Å². The Morgan fingerprint density at radius 3 is 2.51 bits per heavy atom. The minimum absolute atomic E-state index is 0.0189. The van der Waals surface area contributed by atoms with E-state index in [0.717, 1.165) is 51.1 Å². The van der Waals surface area contributed by atoms with Gasteiger partial charge in [0.25, 0.3) is 11.5 Å². The summed E-state index contributed by atoms with van der Waals surface area (Å²) in [4.78, 5) is 30.4. The van der Waals surface area contributed by atoms with Crippen molar-refractivity contribution in [1.82, 2.24) is 29.8 Å². The number of amides is 1. The van der Waals surface area contributed by atoms with Crippen LogP contribution in [-0.2, 0) is 25.6 Å². The number of carbonyl (C=O) groups is 1. The SMILES string of the molecule is CN1CCn2nc(Nc3cc(N4CCCCC(NC(=O)c5ccc(C(C)(C)C)cc5)C4)nn(C)c3=O)cc2C1. The van der Waals surface area contributed by atoms with Crippen LogP contribution in [0.2, 0.25) is 0 Å². The molecular formula is C29H40N8O2. The van der Waals surface area contributed by atoms with Gasteiger partial charge in [-0.3, -0.25) is 19.2 Å². The van der Waals surface area contributed by atoms with Gasteiger partial charge >= 0.3 is 0 Å². The van der Waals surface area contributed by atoms with Crippen LogP contribution in [0.5, 0.6) is 0 Å². The van der Waals surface area contributed by atoms with Gasteiger partial charge < -0.3 is 15.5 Å². The second kappa shape index (κ2) is 10.8. The van der Waals surface area contributed by atoms with Crippen molar-refractivity contribution in [3.8, 4) is 0 Å². The number of aromatic nitrogens is 4. The summed E-state index contributed by atoms with van der Waals surface area (Å²) in [5.41, 5.74) is 3.26. The average Bonchev–Trinajstić information content (AvgIpc) is 3.13. The van der Waals surface area contributed by atoms with E-state index < -0.39 is 0 Å². The largest absolute Gasteiger partial charge is 0.353 e. The van der Waals surface area contributed by atoms with E-state index in [-0.39, 0.29) is 22.9 Å². The van der Waals surface area contributed by atoms with Crippen molar-refractivity contribution in [3.05, 3.63) is 63.6 Å². The fourth-order valence-corrected chi connectivity index (χ4v) is 5.29. The molecule has 2 aliphatic heterocycles. The van der Waals surface area contributed by atoms with Gasteiger partial charge in [0.2, 0.25) is 0 Å². The third-order valence-electron chi connectivity index (χ3n) is 7.65. The molecule has 3 aromatic rings. The van der Waals surface area contributed by atoms with E-state index in [1.807, 2.05) is 41.1 Å². The number of nitrogens with zero attached hydrogens (tertiary/aromatic N) is 6. The van der Waals surface area contributed by atoms with Crippen molar-refractivity contribution in [2.24, 2.45) is 7.05 Å². The molecule has 0 saturated carbocycles. The first kappa shape index (κ1) is 26.9. The number of aryl methyl sites for hydroxylation is 1. The molecule has 1 amide bonds. The second-order valence-corrected chi connectivity index (χ2v) is 11.9. The number of hydrogen-bond donors (Lipinski definition) is 2. The van der Waals surface area contributed by atoms with Crippen molar-refractivity contribution in [3.63, 3.8) is 0 Å². The van der Waals surface area contributed by atoms with Crippen LogP contribution in [0.3, 0.4) is 0 Å². The summed E-state index contributed by atoms with van der Waals surface area (Å²) in [5.74, 6) is 1.31. The molecule has 1 atom stereocenters. The average molecular weight is 533 g/mol. The van der Waals surface area contributed by atoms with E-state index in [4.69, 9.17) is 0 Å². The molecule has 4 heterocycles. The Morgan fingerprint density at radius 2 is 1.77 bits per heavy atom. The van der Waals surface area contributed by atoms with Gasteiger partial charge in [-0.1, -0.05) is 32.9 Å². The molecule has 208 valence electrons. The van der Waals surface area contributed by atoms with Crippen LogP contribution in [0.25, 0.3) is 0 Å². The van der Waals surface area contributed by atoms with Gasteiger partial charge in [0.05, 0.1) is 12.2 Å². The smallest absolute Gasteiger partial charge is 0.290 e. The van der Waals surface area contributed by atoms with Crippen molar-refractivity contribution in [1.29, 1.82) is 0 Å². The molecule has 1 aromatic carbocycles. The number of carbonyl (C=O) groups excluding carboxylic acids is 1. The number of fused-ring (bicyclic) bond motifs is 1. The minimum atomic E-state index is -0.208. The van der Waals surface area contributed by atoms with Gasteiger partial charge in [-0.15, -0.1) is 0 Å². The maximum Gasteiger partial charge on any atom is 0.290 e. The summed E-state index contributed by atoms with van der Waals surface area (Å²) in [5, 5.41) is 15.7. The van der Waals surface area contributed by atoms with E-state index in [0.29, 0.717) is 29.4 Å². The predicted octanol–water partition coefficient (Wildman–Crippen LogP) is 3.25. The fraction of sp³-hybridized carbons (Fsp3) is 0.517. The molecule has 2 aliphatic rings. The lowest BCUT2D eigenvalue weighted by atomic mass is 9.86. The Morgan fingerprint density at radius 1 is 1.00 bits per heavy atom. The zero-order valence-corrected chi connectivity index (χ0v) is 23.7. The number of rotatable bonds is 5. The minimum Gasteiger partial charge on any atom is -0.353 e. The highest BCUT2D eigenvalue weighted by atomic mass is 16.2. The molecule has 39 heavy (non-hydrogen) atoms. The third-order valence-corrected chi connectivity index (χ3v) is 7.65. The molecule has 0 aliphatic carbocycles. The van der Waals surface area contributed by atoms with Crippen LogP contribution in [0.1, 0.15) is 61.6 Å². The van der Waals surface area contributed by atoms with E-state index in [9.17, 15) is 9.59 Å². The Kier molecular flexibility index (Phi) is 7.48. The summed E-state index contributed by atoms with van der Waals surface area (Å²) >= 11 is 0. The van der Waals surface area contributed by atoms with E-state index in [1.54, 1.807) is 7.05 Å². The molecule has 1 unspecified atom stereocenters. The topological polar surface area (TPSA) is 100 Å². The predicted molar refractivity (Wildman–Crippen MR) is 154 cm³/mol. The van der Waals surface area contributed by atoms with Gasteiger partial charge in [-0.2, -0.15) is 10.2 Å². The first-order valence-electron chi connectivity index (χ1n) is 13.8. The zero-order valence-electron chi connectivity index (χ0n) is 23.7. The molecule has 1 saturated heterocycles. The van der Waals surface area contributed by atoms with Crippen LogP contribution in [-0.4, -0.2) is 63.1 Å². The van der Waals surface area contributed by atoms with Gasteiger partial charge in [0, 0.05) is 57.0 Å². The summed E-state index contributed by atoms with van der Waals surface area (Å²) in [6, 6.07) is 11.7. The molecule has 0 bridgehead atoms. The summed E-state index contributed by atoms with van der Waals surface area (Å²) < 4.78 is 3.37. The lowest BCUT2D eigenvalue weighted by molar-refractivity contribution is 0.0936. The normalized spacial score (nSPS) is 18.4. The molecule has 0 spiro atoms. The van der Waals surface area contributed by atoms with Crippen molar-refractivity contribution in [2.75, 3.05) is 36.9 Å². The van der Waals surface area contributed by atoms with E-state index in [2.05, 4.69) is 58.4 Å². The highest BCUT2D eigenvalue weighted by Crippen LogP contribution is 2.24. The van der Waals surface area contributed by atoms with Crippen LogP contribution in [0, 0.1) is 0 Å². The molecule has 2 aromatic heterocycles. The number of anilines is 3. The molecular weight excluding hydrogens is 492 g/mol. The summed E-state index contributed by atoms with van der Waals surface area (Å²) in [7, 11) is 3.76. The van der Waals surface area contributed by atoms with Gasteiger partial charge in [0.1, 0.15) is 5.69 Å². The second-order valence-electron chi connectivity index (χ2n) is 11.9. The highest BCUT2D eigenvalue weighted by molar-refractivity contribution is 5.94. The van der Waals surface area contributed by atoms with Crippen LogP contribution >= 0.6 is 0 Å². The molecule has 1 fully saturated rings. The van der Waals surface area contributed by atoms with Gasteiger partial charge in [-0.25, -0.2) is 4.68 Å². The van der Waals surface area contributed by atoms with Gasteiger partial charge in [-0.05, 0) is 49.4 Å². The Hall–Kier alpha value is -3.66. The Labute approximate surface area is 230 Å². The van der Waals surface area contributed by atoms with Crippen LogP contribution < -0.4 is 21.1 Å². The quantitative estimate of drug-likeness (QED) is 0.520. The summed E-state index contributed by atoms with van der Waals surface area (Å²) in [6.45, 7) is 10.5. The maximum absolute atomic E-state index is 13.1. The summed E-state index contributed by atoms with van der Waals surface area (Å²) in [6.07, 6.45) is 2.89. The lowest BCUT2D eigenvalue weighted by Crippen LogP contribution is -2.43. The zero-order chi connectivity index (χ0) is 27.7. The van der Waals surface area contributed by atoms with Crippen molar-refractivity contribution < 1.29 is 4.79 Å². The van der Waals surface area contributed by atoms with Crippen LogP contribution in [0.15, 0.2) is 41.2 Å². The first-order chi connectivity index (χ1) is 18.6. The number of hydrogen-bond acceptors (Lipinski definition) is 7. The lowest BCUT2D eigenvalue weighted by Gasteiger charge is -2.26. The number of benzene rings is 1. The Bertz CT molecular complexity index is 1390. The molecule has 0 radical (unpaired) electrons. The molecule has 10 heteroatoms. The maximum atomic E-state index is 13.1. The number of likely N-dealkylation sites (N-methyl/N-ethyl adjacent to an activating group) is 1. The standard InChI is InChI=1S/C29H40N8O2/c1-29(2,3)21-11-9-20(10-12-21)27(38)30-22-8-6-7-13-36(18-22)26-17-24(28(39)35(5)33-26)31-25-16-23-19-34(4)14-15-37(23)32-25/h9-12,16-17,22H,6-8,13-15,18-19H2,1-5H3,(H,30,38)(H,31,32). The van der Waals surface area contributed by atoms with Crippen LogP contribution in [0.4, 0.5) is 17.3 Å². The Balaban J connectivity index is 1.31. The van der Waals surface area contributed by atoms with Gasteiger partial charge in [0.15, 0.2) is 11.6 Å². The monoisotopic (exact) mass is 532 g/mol. The fourth-order valence-electron chi connectivity index (χ4n) is 5.29. The number of nitrogens with one attached hydrogen (secondary N) is 2. The third kappa shape index (κ3) is 6.16. The van der Waals surface area contributed by atoms with E-state index >= 15 is 0 Å². The van der Waals surface area contributed by atoms with Crippen molar-refractivity contribution >= 4 is 23.2 Å². The molecule has 5 rings (SSSR count). The van der Waals surface area contributed by atoms with E-state index in [1.165, 1.54) is 10.2 Å². The molecule has 10 nitrogen and oxygen atoms in total.